The van der Waals surface area contributed by atoms with Gasteiger partial charge < -0.3 is 23.7 Å². The lowest BCUT2D eigenvalue weighted by Crippen LogP contribution is -2.13. The summed E-state index contributed by atoms with van der Waals surface area (Å²) >= 11 is 0. The maximum absolute atomic E-state index is 5.71. The van der Waals surface area contributed by atoms with Crippen LogP contribution in [-0.4, -0.2) is 66.1 Å². The van der Waals surface area contributed by atoms with Crippen molar-refractivity contribution in [3.05, 3.63) is 0 Å². The zero-order chi connectivity index (χ0) is 33.1. The predicted octanol–water partition coefficient (Wildman–Crippen LogP) is 12.4. The molecule has 0 spiro atoms. The third kappa shape index (κ3) is 43.8. The van der Waals surface area contributed by atoms with Gasteiger partial charge in [-0.3, -0.25) is 0 Å². The molecule has 46 heavy (non-hydrogen) atoms. The third-order valence-electron chi connectivity index (χ3n) is 9.02. The molecule has 278 valence electrons. The highest BCUT2D eigenvalue weighted by Gasteiger charge is 1.98. The summed E-state index contributed by atoms with van der Waals surface area (Å²) in [5.41, 5.74) is 0. The van der Waals surface area contributed by atoms with Crippen molar-refractivity contribution in [3.63, 3.8) is 0 Å². The maximum atomic E-state index is 5.71. The number of ether oxygens (including phenoxy) is 5. The highest BCUT2D eigenvalue weighted by molar-refractivity contribution is 4.51. The van der Waals surface area contributed by atoms with Gasteiger partial charge in [0.25, 0.3) is 0 Å². The van der Waals surface area contributed by atoms with Crippen LogP contribution in [-0.2, 0) is 23.7 Å². The first-order chi connectivity index (χ1) is 22.9. The summed E-state index contributed by atoms with van der Waals surface area (Å²) in [6.07, 6.45) is 40.4. The second-order valence-electron chi connectivity index (χ2n) is 13.6. The third-order valence-corrected chi connectivity index (χ3v) is 9.02. The van der Waals surface area contributed by atoms with Gasteiger partial charge in [0.1, 0.15) is 0 Å². The molecule has 0 atom stereocenters. The zero-order valence-corrected chi connectivity index (χ0v) is 31.6. The molecule has 0 bridgehead atoms. The molecule has 0 rings (SSSR count). The lowest BCUT2D eigenvalue weighted by molar-refractivity contribution is -0.0114. The first-order valence-corrected chi connectivity index (χ1v) is 20.8. The van der Waals surface area contributed by atoms with Gasteiger partial charge in [0.05, 0.1) is 52.9 Å². The molecule has 0 fully saturated rings. The van der Waals surface area contributed by atoms with E-state index in [0.717, 1.165) is 13.2 Å². The van der Waals surface area contributed by atoms with E-state index in [1.165, 1.54) is 186 Å². The standard InChI is InChI=1S/C41H84O5/c1-3-5-7-9-11-13-15-17-18-19-21-23-25-27-29-31-33-43-35-37-45-39-41-46-40-38-44-36-34-42-32-30-28-26-24-22-20-16-14-12-10-8-6-4-2/h3-41H2,1-2H3. The number of rotatable bonds is 43. The molecule has 0 heterocycles. The first-order valence-electron chi connectivity index (χ1n) is 20.8. The average Bonchev–Trinajstić information content (AvgIpc) is 3.07. The Morgan fingerprint density at radius 3 is 0.522 bits per heavy atom. The monoisotopic (exact) mass is 657 g/mol. The van der Waals surface area contributed by atoms with E-state index in [9.17, 15) is 0 Å². The van der Waals surface area contributed by atoms with Crippen LogP contribution in [0.1, 0.15) is 200 Å². The van der Waals surface area contributed by atoms with Gasteiger partial charge in [-0.05, 0) is 12.8 Å². The Hall–Kier alpha value is -0.200. The fraction of sp³-hybridized carbons (Fsp3) is 1.00. The van der Waals surface area contributed by atoms with E-state index in [1.54, 1.807) is 0 Å². The van der Waals surface area contributed by atoms with Crippen molar-refractivity contribution in [1.82, 2.24) is 0 Å². The van der Waals surface area contributed by atoms with E-state index in [0.29, 0.717) is 52.9 Å². The molecule has 0 aliphatic heterocycles. The van der Waals surface area contributed by atoms with Crippen LogP contribution in [0.25, 0.3) is 0 Å². The summed E-state index contributed by atoms with van der Waals surface area (Å²) in [6.45, 7) is 11.4. The molecule has 0 unspecified atom stereocenters. The summed E-state index contributed by atoms with van der Waals surface area (Å²) in [6, 6.07) is 0. The van der Waals surface area contributed by atoms with E-state index in [2.05, 4.69) is 13.8 Å². The van der Waals surface area contributed by atoms with Crippen molar-refractivity contribution in [2.75, 3.05) is 66.1 Å². The van der Waals surface area contributed by atoms with Crippen molar-refractivity contribution in [2.45, 2.75) is 200 Å². The van der Waals surface area contributed by atoms with Crippen molar-refractivity contribution >= 4 is 0 Å². The summed E-state index contributed by atoms with van der Waals surface area (Å²) in [5, 5.41) is 0. The summed E-state index contributed by atoms with van der Waals surface area (Å²) < 4.78 is 28.2. The van der Waals surface area contributed by atoms with Crippen molar-refractivity contribution in [1.29, 1.82) is 0 Å². The quantitative estimate of drug-likeness (QED) is 0.0611. The number of hydrogen-bond acceptors (Lipinski definition) is 5. The smallest absolute Gasteiger partial charge is 0.0701 e. The van der Waals surface area contributed by atoms with E-state index in [-0.39, 0.29) is 0 Å². The molecule has 0 aromatic rings. The molecular weight excluding hydrogens is 572 g/mol. The predicted molar refractivity (Wildman–Crippen MR) is 199 cm³/mol. The molecule has 5 nitrogen and oxygen atoms in total. The van der Waals surface area contributed by atoms with Crippen LogP contribution in [0.5, 0.6) is 0 Å². The fourth-order valence-electron chi connectivity index (χ4n) is 5.96. The van der Waals surface area contributed by atoms with Crippen LogP contribution >= 0.6 is 0 Å². The van der Waals surface area contributed by atoms with Gasteiger partial charge in [-0.2, -0.15) is 0 Å². The number of hydrogen-bond donors (Lipinski definition) is 0. The Morgan fingerprint density at radius 2 is 0.326 bits per heavy atom. The van der Waals surface area contributed by atoms with E-state index < -0.39 is 0 Å². The Bertz CT molecular complexity index is 459. The molecule has 0 saturated carbocycles. The minimum absolute atomic E-state index is 0.609. The molecule has 0 saturated heterocycles. The topological polar surface area (TPSA) is 46.2 Å². The van der Waals surface area contributed by atoms with E-state index in [4.69, 9.17) is 23.7 Å². The van der Waals surface area contributed by atoms with Crippen LogP contribution in [0.4, 0.5) is 0 Å². The Morgan fingerprint density at radius 1 is 0.174 bits per heavy atom. The summed E-state index contributed by atoms with van der Waals surface area (Å²) in [7, 11) is 0. The minimum Gasteiger partial charge on any atom is -0.379 e. The van der Waals surface area contributed by atoms with Gasteiger partial charge in [-0.25, -0.2) is 0 Å². The van der Waals surface area contributed by atoms with E-state index >= 15 is 0 Å². The van der Waals surface area contributed by atoms with Gasteiger partial charge in [0.15, 0.2) is 0 Å². The van der Waals surface area contributed by atoms with Crippen LogP contribution < -0.4 is 0 Å². The van der Waals surface area contributed by atoms with Gasteiger partial charge in [-0.15, -0.1) is 0 Å². The second kappa shape index (κ2) is 44.8. The molecule has 0 aliphatic rings. The van der Waals surface area contributed by atoms with Crippen LogP contribution in [0.2, 0.25) is 0 Å². The molecule has 0 radical (unpaired) electrons. The Kier molecular flexibility index (Phi) is 44.6. The molecule has 5 heteroatoms. The summed E-state index contributed by atoms with van der Waals surface area (Å²) in [4.78, 5) is 0. The van der Waals surface area contributed by atoms with Crippen molar-refractivity contribution in [3.8, 4) is 0 Å². The van der Waals surface area contributed by atoms with Crippen molar-refractivity contribution < 1.29 is 23.7 Å². The average molecular weight is 657 g/mol. The molecule has 0 aromatic carbocycles. The SMILES string of the molecule is CCCCCCCCCCCCCCCCCCOCCOCCOCCOCCOCCCCCCCCCCCCCCC. The van der Waals surface area contributed by atoms with Gasteiger partial charge in [-0.1, -0.05) is 187 Å². The normalized spacial score (nSPS) is 11.6. The van der Waals surface area contributed by atoms with Gasteiger partial charge >= 0.3 is 0 Å². The van der Waals surface area contributed by atoms with Gasteiger partial charge in [0, 0.05) is 13.2 Å². The van der Waals surface area contributed by atoms with Crippen LogP contribution in [0.3, 0.4) is 0 Å². The fourth-order valence-corrected chi connectivity index (χ4v) is 5.96. The minimum atomic E-state index is 0.609. The Labute approximate surface area is 289 Å². The van der Waals surface area contributed by atoms with Crippen molar-refractivity contribution in [2.24, 2.45) is 0 Å². The largest absolute Gasteiger partial charge is 0.379 e. The van der Waals surface area contributed by atoms with Crippen LogP contribution in [0, 0.1) is 0 Å². The van der Waals surface area contributed by atoms with Crippen LogP contribution in [0.15, 0.2) is 0 Å². The molecule has 0 amide bonds. The van der Waals surface area contributed by atoms with Gasteiger partial charge in [0.2, 0.25) is 0 Å². The molecule has 0 aromatic heterocycles. The van der Waals surface area contributed by atoms with E-state index in [1.807, 2.05) is 0 Å². The number of unbranched alkanes of at least 4 members (excludes halogenated alkanes) is 27. The second-order valence-corrected chi connectivity index (χ2v) is 13.6. The highest BCUT2D eigenvalue weighted by atomic mass is 16.6. The maximum Gasteiger partial charge on any atom is 0.0701 e. The zero-order valence-electron chi connectivity index (χ0n) is 31.6. The lowest BCUT2D eigenvalue weighted by Gasteiger charge is -2.08. The highest BCUT2D eigenvalue weighted by Crippen LogP contribution is 2.14. The molecule has 0 N–H and O–H groups in total. The summed E-state index contributed by atoms with van der Waals surface area (Å²) in [5.74, 6) is 0. The Balaban J connectivity index is 3.03. The first kappa shape index (κ1) is 45.8. The lowest BCUT2D eigenvalue weighted by atomic mass is 10.0. The molecular formula is C41H84O5. The molecule has 0 aliphatic carbocycles.